The van der Waals surface area contributed by atoms with Gasteiger partial charge in [-0.3, -0.25) is 0 Å². The lowest BCUT2D eigenvalue weighted by atomic mass is 9.96. The second kappa shape index (κ2) is 5.28. The van der Waals surface area contributed by atoms with Crippen LogP contribution >= 0.6 is 0 Å². The van der Waals surface area contributed by atoms with Crippen molar-refractivity contribution < 1.29 is 4.74 Å². The molecule has 1 atom stereocenters. The van der Waals surface area contributed by atoms with E-state index in [9.17, 15) is 5.26 Å². The van der Waals surface area contributed by atoms with Gasteiger partial charge in [0.05, 0.1) is 18.9 Å². The lowest BCUT2D eigenvalue weighted by Crippen LogP contribution is -2.03. The molecule has 0 spiro atoms. The molecule has 1 aromatic heterocycles. The summed E-state index contributed by atoms with van der Waals surface area (Å²) < 4.78 is 4.95. The van der Waals surface area contributed by atoms with Crippen molar-refractivity contribution in [1.29, 1.82) is 5.26 Å². The van der Waals surface area contributed by atoms with E-state index < -0.39 is 5.92 Å². The molecule has 0 aliphatic heterocycles. The van der Waals surface area contributed by atoms with Gasteiger partial charge in [-0.05, 0) is 18.6 Å². The van der Waals surface area contributed by atoms with Crippen LogP contribution in [0.5, 0.6) is 5.88 Å². The predicted octanol–water partition coefficient (Wildman–Crippen LogP) is 2.45. The quantitative estimate of drug-likeness (QED) is 0.825. The third-order valence-corrected chi connectivity index (χ3v) is 2.71. The summed E-state index contributed by atoms with van der Waals surface area (Å²) in [5.41, 5.74) is 2.71. The Hall–Kier alpha value is -2.41. The SMILES string of the molecule is COc1ccc(C(C#N)c2ccc(C)cc2)nn1. The maximum Gasteiger partial charge on any atom is 0.233 e. The molecule has 0 aliphatic carbocycles. The van der Waals surface area contributed by atoms with Crippen LogP contribution in [0.1, 0.15) is 22.7 Å². The van der Waals surface area contributed by atoms with Crippen molar-refractivity contribution >= 4 is 0 Å². The minimum atomic E-state index is -0.399. The Bertz CT molecular complexity index is 555. The van der Waals surface area contributed by atoms with E-state index in [0.717, 1.165) is 11.1 Å². The van der Waals surface area contributed by atoms with Gasteiger partial charge in [-0.2, -0.15) is 10.4 Å². The first-order valence-electron chi connectivity index (χ1n) is 5.58. The molecule has 90 valence electrons. The summed E-state index contributed by atoms with van der Waals surface area (Å²) >= 11 is 0. The standard InChI is InChI=1S/C14H13N3O/c1-10-3-5-11(6-4-10)12(9-15)13-7-8-14(18-2)17-16-13/h3-8,12H,1-2H3. The Morgan fingerprint density at radius 1 is 1.11 bits per heavy atom. The van der Waals surface area contributed by atoms with E-state index >= 15 is 0 Å². The van der Waals surface area contributed by atoms with Crippen LogP contribution in [-0.4, -0.2) is 17.3 Å². The first kappa shape index (κ1) is 12.1. The number of hydrogen-bond donors (Lipinski definition) is 0. The van der Waals surface area contributed by atoms with Crippen LogP contribution in [-0.2, 0) is 0 Å². The van der Waals surface area contributed by atoms with E-state index in [1.165, 1.54) is 7.11 Å². The van der Waals surface area contributed by atoms with Gasteiger partial charge < -0.3 is 4.74 Å². The third kappa shape index (κ3) is 2.46. The molecular formula is C14H13N3O. The van der Waals surface area contributed by atoms with Crippen molar-refractivity contribution in [2.75, 3.05) is 7.11 Å². The van der Waals surface area contributed by atoms with Gasteiger partial charge in [-0.15, -0.1) is 5.10 Å². The number of rotatable bonds is 3. The molecule has 0 fully saturated rings. The Morgan fingerprint density at radius 3 is 2.33 bits per heavy atom. The molecule has 1 aromatic carbocycles. The fourth-order valence-electron chi connectivity index (χ4n) is 1.66. The average Bonchev–Trinajstić information content (AvgIpc) is 2.42. The van der Waals surface area contributed by atoms with E-state index in [1.807, 2.05) is 31.2 Å². The second-order valence-corrected chi connectivity index (χ2v) is 3.97. The predicted molar refractivity (Wildman–Crippen MR) is 67.2 cm³/mol. The number of aryl methyl sites for hydroxylation is 1. The van der Waals surface area contributed by atoms with E-state index in [0.29, 0.717) is 11.6 Å². The summed E-state index contributed by atoms with van der Waals surface area (Å²) in [5, 5.41) is 17.2. The zero-order valence-electron chi connectivity index (χ0n) is 10.3. The highest BCUT2D eigenvalue weighted by molar-refractivity contribution is 5.35. The highest BCUT2D eigenvalue weighted by Gasteiger charge is 2.15. The van der Waals surface area contributed by atoms with Crippen LogP contribution in [0.3, 0.4) is 0 Å². The van der Waals surface area contributed by atoms with Crippen LogP contribution < -0.4 is 4.74 Å². The summed E-state index contributed by atoms with van der Waals surface area (Å²) in [5.74, 6) is 0.0448. The molecule has 0 aliphatic rings. The van der Waals surface area contributed by atoms with Gasteiger partial charge in [0, 0.05) is 6.07 Å². The van der Waals surface area contributed by atoms with Crippen LogP contribution in [0.2, 0.25) is 0 Å². The van der Waals surface area contributed by atoms with Gasteiger partial charge in [-0.1, -0.05) is 29.8 Å². The largest absolute Gasteiger partial charge is 0.480 e. The highest BCUT2D eigenvalue weighted by atomic mass is 16.5. The van der Waals surface area contributed by atoms with Crippen LogP contribution in [0, 0.1) is 18.3 Å². The zero-order valence-corrected chi connectivity index (χ0v) is 10.3. The smallest absolute Gasteiger partial charge is 0.233 e. The maximum atomic E-state index is 9.28. The molecule has 0 radical (unpaired) electrons. The molecule has 4 heteroatoms. The van der Waals surface area contributed by atoms with Crippen LogP contribution in [0.15, 0.2) is 36.4 Å². The molecule has 18 heavy (non-hydrogen) atoms. The van der Waals surface area contributed by atoms with Gasteiger partial charge in [-0.25, -0.2) is 0 Å². The minimum Gasteiger partial charge on any atom is -0.480 e. The Balaban J connectivity index is 2.33. The lowest BCUT2D eigenvalue weighted by molar-refractivity contribution is 0.391. The van der Waals surface area contributed by atoms with Crippen molar-refractivity contribution in [3.8, 4) is 11.9 Å². The third-order valence-electron chi connectivity index (χ3n) is 2.71. The van der Waals surface area contributed by atoms with E-state index in [1.54, 1.807) is 12.1 Å². The average molecular weight is 239 g/mol. The normalized spacial score (nSPS) is 11.6. The zero-order chi connectivity index (χ0) is 13.0. The van der Waals surface area contributed by atoms with Crippen LogP contribution in [0.4, 0.5) is 0 Å². The fraction of sp³-hybridized carbons (Fsp3) is 0.214. The highest BCUT2D eigenvalue weighted by Crippen LogP contribution is 2.22. The molecule has 0 saturated heterocycles. The van der Waals surface area contributed by atoms with E-state index in [4.69, 9.17) is 4.74 Å². The summed E-state index contributed by atoms with van der Waals surface area (Å²) in [6.07, 6.45) is 0. The first-order chi connectivity index (χ1) is 8.74. The number of methoxy groups -OCH3 is 1. The van der Waals surface area contributed by atoms with Gasteiger partial charge in [0.25, 0.3) is 0 Å². The van der Waals surface area contributed by atoms with Gasteiger partial charge in [0.15, 0.2) is 0 Å². The van der Waals surface area contributed by atoms with Gasteiger partial charge >= 0.3 is 0 Å². The topological polar surface area (TPSA) is 58.8 Å². The van der Waals surface area contributed by atoms with Crippen molar-refractivity contribution in [2.45, 2.75) is 12.8 Å². The van der Waals surface area contributed by atoms with Crippen molar-refractivity contribution in [3.05, 3.63) is 53.2 Å². The molecule has 1 unspecified atom stereocenters. The number of aromatic nitrogens is 2. The van der Waals surface area contributed by atoms with Crippen molar-refractivity contribution in [1.82, 2.24) is 10.2 Å². The number of ether oxygens (including phenoxy) is 1. The number of nitrogens with zero attached hydrogens (tertiary/aromatic N) is 3. The summed E-state index contributed by atoms with van der Waals surface area (Å²) in [6.45, 7) is 2.01. The minimum absolute atomic E-state index is 0.399. The molecule has 0 amide bonds. The van der Waals surface area contributed by atoms with E-state index in [2.05, 4.69) is 16.3 Å². The van der Waals surface area contributed by atoms with Crippen LogP contribution in [0.25, 0.3) is 0 Å². The number of nitriles is 1. The Labute approximate surface area is 106 Å². The summed E-state index contributed by atoms with van der Waals surface area (Å²) in [7, 11) is 1.53. The van der Waals surface area contributed by atoms with Crippen molar-refractivity contribution in [2.24, 2.45) is 0 Å². The van der Waals surface area contributed by atoms with E-state index in [-0.39, 0.29) is 0 Å². The molecule has 0 saturated carbocycles. The summed E-state index contributed by atoms with van der Waals surface area (Å²) in [6, 6.07) is 13.6. The molecule has 4 nitrogen and oxygen atoms in total. The molecule has 0 bridgehead atoms. The fourth-order valence-corrected chi connectivity index (χ4v) is 1.66. The van der Waals surface area contributed by atoms with Gasteiger partial charge in [0.1, 0.15) is 5.92 Å². The number of hydrogen-bond acceptors (Lipinski definition) is 4. The Kier molecular flexibility index (Phi) is 3.54. The second-order valence-electron chi connectivity index (χ2n) is 3.97. The summed E-state index contributed by atoms with van der Waals surface area (Å²) in [4.78, 5) is 0. The molecule has 2 aromatic rings. The van der Waals surface area contributed by atoms with Gasteiger partial charge in [0.2, 0.25) is 5.88 Å². The lowest BCUT2D eigenvalue weighted by Gasteiger charge is -2.08. The monoisotopic (exact) mass is 239 g/mol. The number of benzene rings is 1. The molecule has 0 N–H and O–H groups in total. The molecule has 2 rings (SSSR count). The molecule has 1 heterocycles. The Morgan fingerprint density at radius 2 is 1.83 bits per heavy atom. The first-order valence-corrected chi connectivity index (χ1v) is 5.58. The molecular weight excluding hydrogens is 226 g/mol. The maximum absolute atomic E-state index is 9.28. The van der Waals surface area contributed by atoms with Crippen molar-refractivity contribution in [3.63, 3.8) is 0 Å².